The third-order valence-corrected chi connectivity index (χ3v) is 6.96. The van der Waals surface area contributed by atoms with E-state index in [0.29, 0.717) is 43.6 Å². The number of hydrogen-bond acceptors (Lipinski definition) is 4. The molecule has 156 valence electrons. The normalized spacial score (nSPS) is 25.1. The number of hydrogen-bond donors (Lipinski definition) is 0. The zero-order valence-corrected chi connectivity index (χ0v) is 17.9. The van der Waals surface area contributed by atoms with Gasteiger partial charge in [-0.25, -0.2) is 9.37 Å². The Labute approximate surface area is 172 Å². The Balaban J connectivity index is 1.81. The summed E-state index contributed by atoms with van der Waals surface area (Å²) in [6, 6.07) is 6.90. The molecule has 3 atom stereocenters. The minimum Gasteiger partial charge on any atom is -0.298 e. The SMILES string of the molecule is CCc1c(C)nc2n(c1=O)CN(C1CCCC(C)C1C)CN2c1ccc(F)cc1. The fourth-order valence-corrected chi connectivity index (χ4v) is 5.00. The van der Waals surface area contributed by atoms with Crippen LogP contribution in [0.2, 0.25) is 0 Å². The minimum absolute atomic E-state index is 0.0447. The van der Waals surface area contributed by atoms with Gasteiger partial charge in [-0.2, -0.15) is 0 Å². The first-order valence-electron chi connectivity index (χ1n) is 10.8. The van der Waals surface area contributed by atoms with E-state index in [2.05, 4.69) is 23.6 Å². The second-order valence-electron chi connectivity index (χ2n) is 8.67. The molecule has 2 aliphatic rings. The molecule has 2 heterocycles. The quantitative estimate of drug-likeness (QED) is 0.766. The molecule has 0 amide bonds. The molecule has 1 saturated carbocycles. The molecule has 2 aromatic rings. The molecule has 0 spiro atoms. The van der Waals surface area contributed by atoms with Crippen LogP contribution in [0.1, 0.15) is 51.3 Å². The molecule has 1 aromatic carbocycles. The summed E-state index contributed by atoms with van der Waals surface area (Å²) in [5, 5.41) is 0. The van der Waals surface area contributed by atoms with Gasteiger partial charge in [0.05, 0.1) is 13.3 Å². The molecule has 5 nitrogen and oxygen atoms in total. The molecular formula is C23H31FN4O. The summed E-state index contributed by atoms with van der Waals surface area (Å²) >= 11 is 0. The molecule has 3 unspecified atom stereocenters. The van der Waals surface area contributed by atoms with Crippen LogP contribution in [-0.4, -0.2) is 27.2 Å². The summed E-state index contributed by atoms with van der Waals surface area (Å²) in [5.41, 5.74) is 2.46. The molecule has 4 rings (SSSR count). The van der Waals surface area contributed by atoms with Gasteiger partial charge in [0.25, 0.3) is 5.56 Å². The highest BCUT2D eigenvalue weighted by molar-refractivity contribution is 5.58. The summed E-state index contributed by atoms with van der Waals surface area (Å²) < 4.78 is 15.3. The maximum absolute atomic E-state index is 13.5. The molecule has 29 heavy (non-hydrogen) atoms. The van der Waals surface area contributed by atoms with Crippen molar-refractivity contribution in [3.63, 3.8) is 0 Å². The van der Waals surface area contributed by atoms with Crippen molar-refractivity contribution in [1.29, 1.82) is 0 Å². The lowest BCUT2D eigenvalue weighted by Crippen LogP contribution is -2.54. The van der Waals surface area contributed by atoms with Crippen molar-refractivity contribution in [3.05, 3.63) is 51.7 Å². The number of halogens is 1. The zero-order chi connectivity index (χ0) is 20.7. The Morgan fingerprint density at radius 3 is 2.55 bits per heavy atom. The summed E-state index contributed by atoms with van der Waals surface area (Å²) in [7, 11) is 0. The minimum atomic E-state index is -0.264. The predicted octanol–water partition coefficient (Wildman–Crippen LogP) is 4.45. The smallest absolute Gasteiger partial charge is 0.259 e. The van der Waals surface area contributed by atoms with Crippen LogP contribution >= 0.6 is 0 Å². The highest BCUT2D eigenvalue weighted by Gasteiger charge is 2.36. The molecule has 1 aliphatic heterocycles. The van der Waals surface area contributed by atoms with Gasteiger partial charge in [0.1, 0.15) is 5.82 Å². The standard InChI is InChI=1S/C23H31FN4O/c1-5-20-17(4)25-23-27(19-11-9-18(24)10-12-19)13-26(14-28(23)22(20)29)21-8-6-7-15(2)16(21)3/h9-12,15-16,21H,5-8,13-14H2,1-4H3. The van der Waals surface area contributed by atoms with E-state index in [1.54, 1.807) is 12.1 Å². The van der Waals surface area contributed by atoms with Crippen molar-refractivity contribution < 1.29 is 4.39 Å². The molecule has 0 bridgehead atoms. The molecule has 0 N–H and O–H groups in total. The fourth-order valence-electron chi connectivity index (χ4n) is 5.00. The molecule has 0 radical (unpaired) electrons. The van der Waals surface area contributed by atoms with Crippen molar-refractivity contribution in [3.8, 4) is 0 Å². The third-order valence-electron chi connectivity index (χ3n) is 6.96. The monoisotopic (exact) mass is 398 g/mol. The van der Waals surface area contributed by atoms with E-state index >= 15 is 0 Å². The van der Waals surface area contributed by atoms with Crippen molar-refractivity contribution >= 4 is 11.6 Å². The Kier molecular flexibility index (Phi) is 5.47. The summed E-state index contributed by atoms with van der Waals surface area (Å²) in [4.78, 5) is 22.6. The first-order chi connectivity index (χ1) is 13.9. The fraction of sp³-hybridized carbons (Fsp3) is 0.565. The van der Waals surface area contributed by atoms with Gasteiger partial charge in [0.2, 0.25) is 5.95 Å². The molecular weight excluding hydrogens is 367 g/mol. The average Bonchev–Trinajstić information content (AvgIpc) is 2.71. The van der Waals surface area contributed by atoms with Crippen LogP contribution in [0.4, 0.5) is 16.0 Å². The van der Waals surface area contributed by atoms with Gasteiger partial charge in [-0.1, -0.05) is 33.6 Å². The van der Waals surface area contributed by atoms with Gasteiger partial charge in [0.15, 0.2) is 0 Å². The number of nitrogens with zero attached hydrogens (tertiary/aromatic N) is 4. The number of aromatic nitrogens is 2. The maximum atomic E-state index is 13.5. The Morgan fingerprint density at radius 1 is 1.14 bits per heavy atom. The van der Waals surface area contributed by atoms with Crippen LogP contribution < -0.4 is 10.5 Å². The van der Waals surface area contributed by atoms with Gasteiger partial charge in [-0.3, -0.25) is 19.2 Å². The number of anilines is 2. The van der Waals surface area contributed by atoms with E-state index in [1.807, 2.05) is 18.4 Å². The van der Waals surface area contributed by atoms with Crippen LogP contribution in [0.5, 0.6) is 0 Å². The first-order valence-corrected chi connectivity index (χ1v) is 10.8. The van der Waals surface area contributed by atoms with E-state index < -0.39 is 0 Å². The summed E-state index contributed by atoms with van der Waals surface area (Å²) in [5.74, 6) is 1.64. The van der Waals surface area contributed by atoms with E-state index in [0.717, 1.165) is 23.4 Å². The summed E-state index contributed by atoms with van der Waals surface area (Å²) in [6.07, 6.45) is 4.31. The molecule has 0 saturated heterocycles. The average molecular weight is 399 g/mol. The number of benzene rings is 1. The van der Waals surface area contributed by atoms with E-state index in [9.17, 15) is 9.18 Å². The van der Waals surface area contributed by atoms with Crippen LogP contribution in [0.25, 0.3) is 0 Å². The van der Waals surface area contributed by atoms with Crippen molar-refractivity contribution in [2.24, 2.45) is 11.8 Å². The van der Waals surface area contributed by atoms with E-state index in [-0.39, 0.29) is 11.4 Å². The van der Waals surface area contributed by atoms with Crippen LogP contribution in [0.3, 0.4) is 0 Å². The number of fused-ring (bicyclic) bond motifs is 1. The number of rotatable bonds is 3. The Hall–Kier alpha value is -2.21. The largest absolute Gasteiger partial charge is 0.298 e. The van der Waals surface area contributed by atoms with Gasteiger partial charge in [-0.05, 0) is 55.9 Å². The Bertz CT molecular complexity index is 939. The highest BCUT2D eigenvalue weighted by Crippen LogP contribution is 2.36. The van der Waals surface area contributed by atoms with E-state index in [4.69, 9.17) is 4.98 Å². The number of aryl methyl sites for hydroxylation is 1. The van der Waals surface area contributed by atoms with Crippen LogP contribution in [0.15, 0.2) is 29.1 Å². The second kappa shape index (κ2) is 7.90. The van der Waals surface area contributed by atoms with Crippen molar-refractivity contribution in [2.45, 2.75) is 66.1 Å². The lowest BCUT2D eigenvalue weighted by atomic mass is 9.77. The first kappa shape index (κ1) is 20.1. The topological polar surface area (TPSA) is 41.4 Å². The lowest BCUT2D eigenvalue weighted by Gasteiger charge is -2.46. The van der Waals surface area contributed by atoms with Crippen molar-refractivity contribution in [2.75, 3.05) is 11.6 Å². The van der Waals surface area contributed by atoms with Gasteiger partial charge >= 0.3 is 0 Å². The third kappa shape index (κ3) is 3.59. The van der Waals surface area contributed by atoms with Gasteiger partial charge in [0, 0.05) is 23.0 Å². The molecule has 6 heteroatoms. The summed E-state index contributed by atoms with van der Waals surface area (Å²) in [6.45, 7) is 9.79. The Morgan fingerprint density at radius 2 is 1.86 bits per heavy atom. The molecule has 1 fully saturated rings. The van der Waals surface area contributed by atoms with Gasteiger partial charge in [-0.15, -0.1) is 0 Å². The van der Waals surface area contributed by atoms with Gasteiger partial charge < -0.3 is 0 Å². The second-order valence-corrected chi connectivity index (χ2v) is 8.67. The lowest BCUT2D eigenvalue weighted by molar-refractivity contribution is 0.0491. The van der Waals surface area contributed by atoms with Crippen LogP contribution in [0, 0.1) is 24.6 Å². The van der Waals surface area contributed by atoms with Crippen molar-refractivity contribution in [1.82, 2.24) is 14.5 Å². The van der Waals surface area contributed by atoms with E-state index in [1.165, 1.54) is 25.0 Å². The molecule has 1 aromatic heterocycles. The highest BCUT2D eigenvalue weighted by atomic mass is 19.1. The predicted molar refractivity (Wildman–Crippen MR) is 114 cm³/mol. The maximum Gasteiger partial charge on any atom is 0.259 e. The zero-order valence-electron chi connectivity index (χ0n) is 17.9. The van der Waals surface area contributed by atoms with Crippen LogP contribution in [-0.2, 0) is 13.1 Å². The molecule has 1 aliphatic carbocycles.